The Hall–Kier alpha value is -3.09. The number of fused-ring (bicyclic) bond motifs is 1. The highest BCUT2D eigenvalue weighted by Gasteiger charge is 2.40. The third-order valence-electron chi connectivity index (χ3n) is 4.76. The number of esters is 1. The average molecular weight is 374 g/mol. The number of rotatable bonds is 5. The van der Waals surface area contributed by atoms with Gasteiger partial charge in [0.15, 0.2) is 23.0 Å². The zero-order valence-electron chi connectivity index (χ0n) is 15.9. The smallest absolute Gasteiger partial charge is 0.342 e. The van der Waals surface area contributed by atoms with Crippen LogP contribution in [0.4, 0.5) is 0 Å². The Morgan fingerprint density at radius 2 is 1.67 bits per heavy atom. The van der Waals surface area contributed by atoms with E-state index in [4.69, 9.17) is 23.7 Å². The van der Waals surface area contributed by atoms with Gasteiger partial charge < -0.3 is 28.8 Å². The maximum absolute atomic E-state index is 12.3. The minimum atomic E-state index is -0.630. The Balaban J connectivity index is 2.12. The van der Waals surface area contributed by atoms with Crippen LogP contribution in [0.2, 0.25) is 0 Å². The van der Waals surface area contributed by atoms with E-state index >= 15 is 0 Å². The van der Waals surface area contributed by atoms with Crippen LogP contribution in [0.5, 0.6) is 28.7 Å². The predicted molar refractivity (Wildman–Crippen MR) is 97.3 cm³/mol. The van der Waals surface area contributed by atoms with Gasteiger partial charge in [0.25, 0.3) is 0 Å². The molecule has 0 saturated heterocycles. The molecule has 2 aromatic carbocycles. The molecule has 1 heterocycles. The average Bonchev–Trinajstić information content (AvgIpc) is 3.03. The fourth-order valence-electron chi connectivity index (χ4n) is 3.44. The van der Waals surface area contributed by atoms with Crippen molar-refractivity contribution in [3.8, 4) is 28.7 Å². The number of carbonyl (C=O) groups is 1. The molecule has 1 aliphatic heterocycles. The molecular formula is C20H22O7. The molecule has 0 spiro atoms. The first-order valence-electron chi connectivity index (χ1n) is 8.37. The first-order valence-corrected chi connectivity index (χ1v) is 8.37. The second-order valence-corrected chi connectivity index (χ2v) is 6.15. The van der Waals surface area contributed by atoms with Crippen LogP contribution in [0.25, 0.3) is 0 Å². The minimum Gasteiger partial charge on any atom is -0.507 e. The fraction of sp³-hybridized carbons (Fsp3) is 0.350. The molecule has 1 aliphatic rings. The largest absolute Gasteiger partial charge is 0.507 e. The number of hydrogen-bond acceptors (Lipinski definition) is 7. The molecule has 7 heteroatoms. The van der Waals surface area contributed by atoms with Crippen molar-refractivity contribution in [2.24, 2.45) is 0 Å². The maximum atomic E-state index is 12.3. The summed E-state index contributed by atoms with van der Waals surface area (Å²) in [6.07, 6.45) is -0.404. The molecule has 0 radical (unpaired) electrons. The van der Waals surface area contributed by atoms with Gasteiger partial charge in [-0.25, -0.2) is 4.79 Å². The van der Waals surface area contributed by atoms with Crippen molar-refractivity contribution in [3.05, 3.63) is 41.0 Å². The number of benzene rings is 2. The highest BCUT2D eigenvalue weighted by molar-refractivity contribution is 5.96. The molecule has 0 aliphatic carbocycles. The molecule has 0 aromatic heterocycles. The van der Waals surface area contributed by atoms with Crippen LogP contribution in [0.3, 0.4) is 0 Å². The van der Waals surface area contributed by atoms with Gasteiger partial charge in [-0.2, -0.15) is 0 Å². The van der Waals surface area contributed by atoms with Crippen molar-refractivity contribution >= 4 is 5.97 Å². The van der Waals surface area contributed by atoms with Gasteiger partial charge in [0.05, 0.1) is 28.4 Å². The number of ether oxygens (including phenoxy) is 5. The number of carbonyl (C=O) groups excluding carboxylic acids is 1. The maximum Gasteiger partial charge on any atom is 0.342 e. The Bertz CT molecular complexity index is 875. The van der Waals surface area contributed by atoms with Crippen LogP contribution in [-0.4, -0.2) is 39.5 Å². The summed E-state index contributed by atoms with van der Waals surface area (Å²) in [6, 6.07) is 6.85. The lowest BCUT2D eigenvalue weighted by Crippen LogP contribution is -2.10. The van der Waals surface area contributed by atoms with Crippen molar-refractivity contribution < 1.29 is 33.6 Å². The zero-order valence-corrected chi connectivity index (χ0v) is 15.9. The van der Waals surface area contributed by atoms with E-state index in [1.807, 2.05) is 19.1 Å². The zero-order chi connectivity index (χ0) is 19.7. The first kappa shape index (κ1) is 18.7. The number of hydrogen-bond donors (Lipinski definition) is 1. The molecular weight excluding hydrogens is 352 g/mol. The van der Waals surface area contributed by atoms with Gasteiger partial charge in [0.1, 0.15) is 17.4 Å². The molecule has 1 N–H and O–H groups in total. The van der Waals surface area contributed by atoms with Gasteiger partial charge in [-0.3, -0.25) is 0 Å². The topological polar surface area (TPSA) is 83.5 Å². The van der Waals surface area contributed by atoms with Gasteiger partial charge in [-0.15, -0.1) is 0 Å². The van der Waals surface area contributed by atoms with E-state index < -0.39 is 12.1 Å². The third-order valence-corrected chi connectivity index (χ3v) is 4.76. The van der Waals surface area contributed by atoms with Crippen LogP contribution in [-0.2, 0) is 4.74 Å². The van der Waals surface area contributed by atoms with E-state index in [2.05, 4.69) is 0 Å². The molecule has 27 heavy (non-hydrogen) atoms. The molecule has 144 valence electrons. The van der Waals surface area contributed by atoms with E-state index in [1.165, 1.54) is 20.3 Å². The van der Waals surface area contributed by atoms with E-state index in [9.17, 15) is 9.90 Å². The lowest BCUT2D eigenvalue weighted by molar-refractivity contribution is 0.0595. The summed E-state index contributed by atoms with van der Waals surface area (Å²) in [7, 11) is 5.87. The summed E-state index contributed by atoms with van der Waals surface area (Å²) in [5.74, 6) is 0.872. The summed E-state index contributed by atoms with van der Waals surface area (Å²) in [4.78, 5) is 12.3. The lowest BCUT2D eigenvalue weighted by Gasteiger charge is -2.18. The third kappa shape index (κ3) is 2.99. The molecule has 2 atom stereocenters. The first-order chi connectivity index (χ1) is 13.0. The van der Waals surface area contributed by atoms with E-state index in [1.54, 1.807) is 20.3 Å². The minimum absolute atomic E-state index is 0.0868. The van der Waals surface area contributed by atoms with Crippen LogP contribution < -0.4 is 18.9 Å². The second kappa shape index (κ2) is 7.26. The molecule has 0 saturated carbocycles. The summed E-state index contributed by atoms with van der Waals surface area (Å²) >= 11 is 0. The SMILES string of the molecule is COC(=O)c1c(O)cc(OC)c2c1[C@@H](C)[C@H](c1ccc(OC)c(OC)c1)O2. The van der Waals surface area contributed by atoms with Crippen molar-refractivity contribution in [3.63, 3.8) is 0 Å². The number of phenols is 1. The highest BCUT2D eigenvalue weighted by Crippen LogP contribution is 2.54. The van der Waals surface area contributed by atoms with Crippen molar-refractivity contribution in [2.75, 3.05) is 28.4 Å². The van der Waals surface area contributed by atoms with Gasteiger partial charge in [-0.1, -0.05) is 13.0 Å². The Labute approximate surface area is 157 Å². The number of methoxy groups -OCH3 is 4. The predicted octanol–water partition coefficient (Wildman–Crippen LogP) is 3.44. The Morgan fingerprint density at radius 3 is 2.26 bits per heavy atom. The Kier molecular flexibility index (Phi) is 5.03. The van der Waals surface area contributed by atoms with Gasteiger partial charge in [0.2, 0.25) is 0 Å². The second-order valence-electron chi connectivity index (χ2n) is 6.15. The highest BCUT2D eigenvalue weighted by atomic mass is 16.5. The van der Waals surface area contributed by atoms with Crippen LogP contribution >= 0.6 is 0 Å². The molecule has 0 amide bonds. The standard InChI is InChI=1S/C20H22O7/c1-10-16-17(20(22)26-5)12(21)9-15(25-4)19(16)27-18(10)11-6-7-13(23-2)14(8-11)24-3/h6-10,18,21H,1-5H3/t10-,18-/m1/s1. The van der Waals surface area contributed by atoms with Gasteiger partial charge >= 0.3 is 5.97 Å². The molecule has 0 fully saturated rings. The molecule has 2 aromatic rings. The van der Waals surface area contributed by atoms with Crippen LogP contribution in [0.15, 0.2) is 24.3 Å². The van der Waals surface area contributed by atoms with Crippen molar-refractivity contribution in [2.45, 2.75) is 18.9 Å². The monoisotopic (exact) mass is 374 g/mol. The summed E-state index contributed by atoms with van der Waals surface area (Å²) < 4.78 is 27.0. The lowest BCUT2D eigenvalue weighted by atomic mass is 9.89. The molecule has 0 unspecified atom stereocenters. The van der Waals surface area contributed by atoms with E-state index in [0.717, 1.165) is 5.56 Å². The number of aromatic hydroxyl groups is 1. The quantitative estimate of drug-likeness (QED) is 0.803. The van der Waals surface area contributed by atoms with Crippen LogP contribution in [0, 0.1) is 0 Å². The van der Waals surface area contributed by atoms with Crippen molar-refractivity contribution in [1.82, 2.24) is 0 Å². The summed E-state index contributed by atoms with van der Waals surface area (Å²) in [5, 5.41) is 10.3. The Morgan fingerprint density at radius 1 is 1.00 bits per heavy atom. The molecule has 7 nitrogen and oxygen atoms in total. The normalized spacial score (nSPS) is 17.7. The van der Waals surface area contributed by atoms with Gasteiger partial charge in [-0.05, 0) is 17.7 Å². The van der Waals surface area contributed by atoms with E-state index in [0.29, 0.717) is 28.6 Å². The summed E-state index contributed by atoms with van der Waals surface area (Å²) in [5.41, 5.74) is 1.48. The number of phenolic OH excluding ortho intramolecular Hbond substituents is 1. The van der Waals surface area contributed by atoms with Gasteiger partial charge in [0, 0.05) is 17.5 Å². The van der Waals surface area contributed by atoms with Crippen molar-refractivity contribution in [1.29, 1.82) is 0 Å². The van der Waals surface area contributed by atoms with Crippen LogP contribution in [0.1, 0.15) is 40.4 Å². The van der Waals surface area contributed by atoms with E-state index in [-0.39, 0.29) is 17.2 Å². The fourth-order valence-corrected chi connectivity index (χ4v) is 3.44. The summed E-state index contributed by atoms with van der Waals surface area (Å²) in [6.45, 7) is 1.92. The molecule has 0 bridgehead atoms. The molecule has 3 rings (SSSR count).